The monoisotopic (exact) mass is 267 g/mol. The van der Waals surface area contributed by atoms with Gasteiger partial charge < -0.3 is 14.7 Å². The Morgan fingerprint density at radius 2 is 2.15 bits per heavy atom. The van der Waals surface area contributed by atoms with Gasteiger partial charge in [-0.2, -0.15) is 0 Å². The molecule has 4 rings (SSSR count). The fourth-order valence-electron chi connectivity index (χ4n) is 2.70. The van der Waals surface area contributed by atoms with E-state index < -0.39 is 0 Å². The molecule has 102 valence electrons. The van der Waals surface area contributed by atoms with E-state index in [2.05, 4.69) is 22.8 Å². The molecule has 2 heterocycles. The molecule has 2 N–H and O–H groups in total. The number of aryl methyl sites for hydroxylation is 1. The molecule has 4 nitrogen and oxygen atoms in total. The number of imidazole rings is 1. The zero-order chi connectivity index (χ0) is 13.7. The average Bonchev–Trinajstić information content (AvgIpc) is 3.09. The summed E-state index contributed by atoms with van der Waals surface area (Å²) in [6, 6.07) is 10.8. The van der Waals surface area contributed by atoms with E-state index in [9.17, 15) is 0 Å². The number of aromatic nitrogens is 2. The van der Waals surface area contributed by atoms with Crippen LogP contribution < -0.4 is 5.73 Å². The number of hydrogen-bond donors (Lipinski definition) is 1. The normalized spacial score (nSPS) is 15.1. The van der Waals surface area contributed by atoms with Crippen molar-refractivity contribution >= 4 is 11.0 Å². The number of benzene rings is 1. The van der Waals surface area contributed by atoms with Gasteiger partial charge in [0.1, 0.15) is 5.76 Å². The minimum Gasteiger partial charge on any atom is -0.458 e. The van der Waals surface area contributed by atoms with Crippen LogP contribution in [0.1, 0.15) is 30.2 Å². The molecule has 1 aliphatic rings. The molecule has 3 aromatic rings. The summed E-state index contributed by atoms with van der Waals surface area (Å²) in [5.74, 6) is 2.70. The topological polar surface area (TPSA) is 57.0 Å². The largest absolute Gasteiger partial charge is 0.458 e. The highest BCUT2D eigenvalue weighted by molar-refractivity contribution is 5.81. The summed E-state index contributed by atoms with van der Waals surface area (Å²) in [6.07, 6.45) is 2.44. The molecule has 0 atom stereocenters. The first kappa shape index (κ1) is 11.7. The Morgan fingerprint density at radius 1 is 1.30 bits per heavy atom. The van der Waals surface area contributed by atoms with Gasteiger partial charge in [-0.1, -0.05) is 6.07 Å². The third-order valence-electron chi connectivity index (χ3n) is 3.86. The van der Waals surface area contributed by atoms with Crippen LogP contribution in [0.4, 0.5) is 0 Å². The number of furan rings is 1. The number of fused-ring (bicyclic) bond motifs is 1. The molecule has 4 heteroatoms. The number of hydrogen-bond acceptors (Lipinski definition) is 3. The highest BCUT2D eigenvalue weighted by Crippen LogP contribution is 2.41. The van der Waals surface area contributed by atoms with Gasteiger partial charge in [-0.25, -0.2) is 4.98 Å². The summed E-state index contributed by atoms with van der Waals surface area (Å²) in [4.78, 5) is 4.78. The molecular formula is C16H17N3O. The van der Waals surface area contributed by atoms with Gasteiger partial charge in [0.25, 0.3) is 0 Å². The molecule has 1 aliphatic carbocycles. The Bertz CT molecular complexity index is 780. The second kappa shape index (κ2) is 4.21. The fraction of sp³-hybridized carbons (Fsp3) is 0.312. The number of rotatable bonds is 3. The zero-order valence-corrected chi connectivity index (χ0v) is 11.5. The Morgan fingerprint density at radius 3 is 2.80 bits per heavy atom. The Labute approximate surface area is 117 Å². The Balaban J connectivity index is 1.96. The van der Waals surface area contributed by atoms with Crippen molar-refractivity contribution < 1.29 is 4.42 Å². The van der Waals surface area contributed by atoms with Crippen molar-refractivity contribution in [3.8, 4) is 11.6 Å². The molecule has 2 aromatic heterocycles. The Kier molecular flexibility index (Phi) is 2.47. The van der Waals surface area contributed by atoms with Gasteiger partial charge >= 0.3 is 0 Å². The van der Waals surface area contributed by atoms with E-state index in [-0.39, 0.29) is 0 Å². The summed E-state index contributed by atoms with van der Waals surface area (Å²) >= 11 is 0. The molecule has 1 aromatic carbocycles. The molecule has 1 fully saturated rings. The zero-order valence-electron chi connectivity index (χ0n) is 11.5. The van der Waals surface area contributed by atoms with E-state index in [4.69, 9.17) is 15.1 Å². The van der Waals surface area contributed by atoms with E-state index in [1.165, 1.54) is 18.4 Å². The molecule has 0 bridgehead atoms. The predicted molar refractivity (Wildman–Crippen MR) is 78.3 cm³/mol. The third-order valence-corrected chi connectivity index (χ3v) is 3.86. The van der Waals surface area contributed by atoms with Crippen LogP contribution in [0.2, 0.25) is 0 Å². The highest BCUT2D eigenvalue weighted by atomic mass is 16.3. The van der Waals surface area contributed by atoms with E-state index in [0.29, 0.717) is 12.6 Å². The van der Waals surface area contributed by atoms with E-state index in [1.54, 1.807) is 0 Å². The van der Waals surface area contributed by atoms with Crippen molar-refractivity contribution in [1.82, 2.24) is 9.55 Å². The molecule has 1 saturated carbocycles. The number of nitrogens with zero attached hydrogens (tertiary/aromatic N) is 2. The van der Waals surface area contributed by atoms with E-state index in [0.717, 1.165) is 28.4 Å². The van der Waals surface area contributed by atoms with Crippen LogP contribution >= 0.6 is 0 Å². The van der Waals surface area contributed by atoms with E-state index >= 15 is 0 Å². The van der Waals surface area contributed by atoms with Gasteiger partial charge in [-0.05, 0) is 49.6 Å². The SMILES string of the molecule is Cc1ccc(-c2nc3cc(CN)ccc3n2C2CC2)o1. The summed E-state index contributed by atoms with van der Waals surface area (Å²) in [5, 5.41) is 0. The maximum Gasteiger partial charge on any atom is 0.177 e. The lowest BCUT2D eigenvalue weighted by molar-refractivity contribution is 0.539. The molecule has 0 radical (unpaired) electrons. The maximum atomic E-state index is 5.77. The highest BCUT2D eigenvalue weighted by Gasteiger charge is 2.29. The van der Waals surface area contributed by atoms with Crippen LogP contribution in [0.15, 0.2) is 34.7 Å². The van der Waals surface area contributed by atoms with Crippen LogP contribution in [0.25, 0.3) is 22.6 Å². The van der Waals surface area contributed by atoms with Crippen molar-refractivity contribution in [2.45, 2.75) is 32.4 Å². The van der Waals surface area contributed by atoms with E-state index in [1.807, 2.05) is 19.1 Å². The minimum absolute atomic E-state index is 0.543. The third kappa shape index (κ3) is 1.76. The van der Waals surface area contributed by atoms with Crippen molar-refractivity contribution in [3.05, 3.63) is 41.7 Å². The molecule has 0 saturated heterocycles. The van der Waals surface area contributed by atoms with Crippen molar-refractivity contribution in [3.63, 3.8) is 0 Å². The van der Waals surface area contributed by atoms with Gasteiger partial charge in [0.2, 0.25) is 0 Å². The first-order chi connectivity index (χ1) is 9.76. The second-order valence-corrected chi connectivity index (χ2v) is 5.47. The van der Waals surface area contributed by atoms with Gasteiger partial charge in [0, 0.05) is 12.6 Å². The lowest BCUT2D eigenvalue weighted by atomic mass is 10.2. The summed E-state index contributed by atoms with van der Waals surface area (Å²) in [6.45, 7) is 2.50. The average molecular weight is 267 g/mol. The quantitative estimate of drug-likeness (QED) is 0.791. The molecular weight excluding hydrogens is 250 g/mol. The molecule has 0 aliphatic heterocycles. The van der Waals surface area contributed by atoms with Crippen molar-refractivity contribution in [2.24, 2.45) is 5.73 Å². The predicted octanol–water partition coefficient (Wildman–Crippen LogP) is 3.40. The van der Waals surface area contributed by atoms with Crippen LogP contribution in [-0.4, -0.2) is 9.55 Å². The molecule has 0 unspecified atom stereocenters. The molecule has 20 heavy (non-hydrogen) atoms. The van der Waals surface area contributed by atoms with Crippen molar-refractivity contribution in [1.29, 1.82) is 0 Å². The smallest absolute Gasteiger partial charge is 0.177 e. The van der Waals surface area contributed by atoms with Crippen LogP contribution in [0, 0.1) is 6.92 Å². The molecule has 0 amide bonds. The Hall–Kier alpha value is -2.07. The van der Waals surface area contributed by atoms with Gasteiger partial charge in [0.15, 0.2) is 11.6 Å². The maximum absolute atomic E-state index is 5.77. The van der Waals surface area contributed by atoms with Crippen molar-refractivity contribution in [2.75, 3.05) is 0 Å². The first-order valence-corrected chi connectivity index (χ1v) is 7.04. The molecule has 0 spiro atoms. The standard InChI is InChI=1S/C16H17N3O/c1-10-2-7-15(20-10)16-18-13-8-11(9-17)3-6-14(13)19(16)12-4-5-12/h2-3,6-8,12H,4-5,9,17H2,1H3. The van der Waals surface area contributed by atoms with Gasteiger partial charge in [-0.3, -0.25) is 0 Å². The second-order valence-electron chi connectivity index (χ2n) is 5.47. The first-order valence-electron chi connectivity index (χ1n) is 7.04. The van der Waals surface area contributed by atoms with Crippen LogP contribution in [0.5, 0.6) is 0 Å². The van der Waals surface area contributed by atoms with Crippen LogP contribution in [0.3, 0.4) is 0 Å². The van der Waals surface area contributed by atoms with Gasteiger partial charge in [0.05, 0.1) is 11.0 Å². The lowest BCUT2D eigenvalue weighted by Gasteiger charge is -2.05. The van der Waals surface area contributed by atoms with Gasteiger partial charge in [-0.15, -0.1) is 0 Å². The number of nitrogens with two attached hydrogens (primary N) is 1. The summed E-state index contributed by atoms with van der Waals surface area (Å²) in [5.41, 5.74) is 9.01. The fourth-order valence-corrected chi connectivity index (χ4v) is 2.70. The van der Waals surface area contributed by atoms with Crippen LogP contribution in [-0.2, 0) is 6.54 Å². The summed E-state index contributed by atoms with van der Waals surface area (Å²) < 4.78 is 8.08. The lowest BCUT2D eigenvalue weighted by Crippen LogP contribution is -1.97. The summed E-state index contributed by atoms with van der Waals surface area (Å²) in [7, 11) is 0. The minimum atomic E-state index is 0.543.